The maximum atomic E-state index is 13.5. The molecular formula is C26H20N4O3. The number of carbonyl (C=O) groups excluding carboxylic acids is 2. The summed E-state index contributed by atoms with van der Waals surface area (Å²) in [5, 5.41) is 4.13. The van der Waals surface area contributed by atoms with Gasteiger partial charge >= 0.3 is 0 Å². The van der Waals surface area contributed by atoms with Crippen molar-refractivity contribution >= 4 is 23.5 Å². The van der Waals surface area contributed by atoms with Crippen LogP contribution in [0, 0.1) is 0 Å². The molecule has 0 aliphatic carbocycles. The molecule has 0 spiro atoms. The summed E-state index contributed by atoms with van der Waals surface area (Å²) in [5.74, 6) is 0.0929. The van der Waals surface area contributed by atoms with Crippen molar-refractivity contribution in [2.45, 2.75) is 6.54 Å². The smallest absolute Gasteiger partial charge is 0.261 e. The van der Waals surface area contributed by atoms with Gasteiger partial charge in [-0.15, -0.1) is 0 Å². The lowest BCUT2D eigenvalue weighted by Gasteiger charge is -2.28. The second-order valence-corrected chi connectivity index (χ2v) is 7.58. The van der Waals surface area contributed by atoms with Crippen molar-refractivity contribution in [1.29, 1.82) is 0 Å². The quantitative estimate of drug-likeness (QED) is 0.349. The maximum Gasteiger partial charge on any atom is 0.261 e. The van der Waals surface area contributed by atoms with Gasteiger partial charge in [0.05, 0.1) is 19.3 Å². The van der Waals surface area contributed by atoms with Crippen LogP contribution in [-0.2, 0) is 11.3 Å². The molecule has 4 aromatic rings. The molecule has 1 aromatic heterocycles. The summed E-state index contributed by atoms with van der Waals surface area (Å²) in [6.45, 7) is 0.179. The van der Waals surface area contributed by atoms with E-state index in [-0.39, 0.29) is 18.4 Å². The molecular weight excluding hydrogens is 416 g/mol. The standard InChI is InChI=1S/C26H20N4O3/c1-33-21-12-8-19(9-13-21)15-29-25(31)23-5-3-2-4-22(23)24(26(29)32)14-18-6-10-20(11-7-18)30-17-27-16-28-30/h2-14,16-17H,15H2,1H3/b24-14+. The number of imide groups is 1. The van der Waals surface area contributed by atoms with Gasteiger partial charge in [-0.05, 0) is 53.1 Å². The Bertz CT molecular complexity index is 1340. The molecule has 3 aromatic carbocycles. The number of carbonyl (C=O) groups is 2. The van der Waals surface area contributed by atoms with E-state index in [2.05, 4.69) is 10.1 Å². The molecule has 2 heterocycles. The number of fused-ring (bicyclic) bond motifs is 1. The summed E-state index contributed by atoms with van der Waals surface area (Å²) in [7, 11) is 1.60. The zero-order valence-corrected chi connectivity index (χ0v) is 17.9. The Balaban J connectivity index is 1.51. The summed E-state index contributed by atoms with van der Waals surface area (Å²) in [5.41, 5.74) is 4.17. The van der Waals surface area contributed by atoms with Crippen LogP contribution < -0.4 is 4.74 Å². The number of benzene rings is 3. The number of ether oxygens (including phenoxy) is 1. The molecule has 0 bridgehead atoms. The molecule has 33 heavy (non-hydrogen) atoms. The molecule has 0 radical (unpaired) electrons. The van der Waals surface area contributed by atoms with Crippen LogP contribution in [0.25, 0.3) is 17.3 Å². The monoisotopic (exact) mass is 436 g/mol. The largest absolute Gasteiger partial charge is 0.497 e. The Morgan fingerprint density at radius 3 is 2.27 bits per heavy atom. The number of aromatic nitrogens is 3. The number of hydrogen-bond donors (Lipinski definition) is 0. The third-order valence-electron chi connectivity index (χ3n) is 5.56. The van der Waals surface area contributed by atoms with Gasteiger partial charge in [0.15, 0.2) is 0 Å². The minimum absolute atomic E-state index is 0.179. The van der Waals surface area contributed by atoms with Crippen molar-refractivity contribution in [1.82, 2.24) is 19.7 Å². The van der Waals surface area contributed by atoms with E-state index in [0.717, 1.165) is 22.6 Å². The molecule has 1 aliphatic heterocycles. The summed E-state index contributed by atoms with van der Waals surface area (Å²) >= 11 is 0. The van der Waals surface area contributed by atoms with Crippen LogP contribution in [0.3, 0.4) is 0 Å². The highest BCUT2D eigenvalue weighted by molar-refractivity contribution is 6.33. The third-order valence-corrected chi connectivity index (χ3v) is 5.56. The van der Waals surface area contributed by atoms with Crippen LogP contribution in [0.4, 0.5) is 0 Å². The SMILES string of the molecule is COc1ccc(CN2C(=O)/C(=C/c3ccc(-n4cncn4)cc3)c3ccccc3C2=O)cc1. The van der Waals surface area contributed by atoms with Crippen molar-refractivity contribution in [3.05, 3.63) is 108 Å². The molecule has 0 unspecified atom stereocenters. The number of hydrogen-bond acceptors (Lipinski definition) is 5. The van der Waals surface area contributed by atoms with Crippen LogP contribution in [0.1, 0.15) is 27.0 Å². The normalized spacial score (nSPS) is 14.5. The van der Waals surface area contributed by atoms with E-state index < -0.39 is 0 Å². The zero-order chi connectivity index (χ0) is 22.8. The van der Waals surface area contributed by atoms with E-state index in [9.17, 15) is 9.59 Å². The average Bonchev–Trinajstić information content (AvgIpc) is 3.40. The summed E-state index contributed by atoms with van der Waals surface area (Å²) in [6.07, 6.45) is 4.92. The van der Waals surface area contributed by atoms with Gasteiger partial charge in [-0.25, -0.2) is 9.67 Å². The zero-order valence-electron chi connectivity index (χ0n) is 17.9. The van der Waals surface area contributed by atoms with Crippen LogP contribution in [-0.4, -0.2) is 38.6 Å². The number of methoxy groups -OCH3 is 1. The van der Waals surface area contributed by atoms with E-state index in [1.54, 1.807) is 24.2 Å². The fraction of sp³-hybridized carbons (Fsp3) is 0.0769. The van der Waals surface area contributed by atoms with Crippen molar-refractivity contribution < 1.29 is 14.3 Å². The minimum Gasteiger partial charge on any atom is -0.497 e. The number of nitrogens with zero attached hydrogens (tertiary/aromatic N) is 4. The molecule has 0 saturated heterocycles. The topological polar surface area (TPSA) is 77.3 Å². The predicted octanol–water partition coefficient (Wildman–Crippen LogP) is 4.00. The van der Waals surface area contributed by atoms with E-state index in [4.69, 9.17) is 4.74 Å². The molecule has 1 aliphatic rings. The Morgan fingerprint density at radius 1 is 0.879 bits per heavy atom. The van der Waals surface area contributed by atoms with E-state index in [0.29, 0.717) is 16.7 Å². The minimum atomic E-state index is -0.324. The van der Waals surface area contributed by atoms with Crippen molar-refractivity contribution in [2.24, 2.45) is 0 Å². The van der Waals surface area contributed by atoms with Crippen molar-refractivity contribution in [3.63, 3.8) is 0 Å². The molecule has 2 amide bonds. The average molecular weight is 436 g/mol. The highest BCUT2D eigenvalue weighted by Crippen LogP contribution is 2.31. The first-order chi connectivity index (χ1) is 16.1. The first kappa shape index (κ1) is 20.4. The van der Waals surface area contributed by atoms with Gasteiger partial charge in [0, 0.05) is 11.1 Å². The number of amides is 2. The molecule has 7 nitrogen and oxygen atoms in total. The van der Waals surface area contributed by atoms with Gasteiger partial charge in [0.2, 0.25) is 0 Å². The first-order valence-corrected chi connectivity index (χ1v) is 10.4. The molecule has 7 heteroatoms. The van der Waals surface area contributed by atoms with Gasteiger partial charge in [0.25, 0.3) is 11.8 Å². The highest BCUT2D eigenvalue weighted by Gasteiger charge is 2.34. The van der Waals surface area contributed by atoms with E-state index in [1.807, 2.05) is 72.8 Å². The summed E-state index contributed by atoms with van der Waals surface area (Å²) in [4.78, 5) is 31.9. The third kappa shape index (κ3) is 3.92. The summed E-state index contributed by atoms with van der Waals surface area (Å²) < 4.78 is 6.86. The van der Waals surface area contributed by atoms with Crippen LogP contribution in [0.15, 0.2) is 85.5 Å². The molecule has 0 N–H and O–H groups in total. The van der Waals surface area contributed by atoms with Crippen LogP contribution >= 0.6 is 0 Å². The van der Waals surface area contributed by atoms with Crippen LogP contribution in [0.5, 0.6) is 5.75 Å². The lowest BCUT2D eigenvalue weighted by atomic mass is 9.91. The van der Waals surface area contributed by atoms with Gasteiger partial charge in [0.1, 0.15) is 18.4 Å². The van der Waals surface area contributed by atoms with Gasteiger partial charge in [-0.3, -0.25) is 14.5 Å². The lowest BCUT2D eigenvalue weighted by molar-refractivity contribution is -0.123. The van der Waals surface area contributed by atoms with Crippen molar-refractivity contribution in [3.8, 4) is 11.4 Å². The van der Waals surface area contributed by atoms with Gasteiger partial charge < -0.3 is 4.74 Å². The Kier molecular flexibility index (Phi) is 5.28. The van der Waals surface area contributed by atoms with E-state index >= 15 is 0 Å². The predicted molar refractivity (Wildman–Crippen MR) is 124 cm³/mol. The maximum absolute atomic E-state index is 13.5. The highest BCUT2D eigenvalue weighted by atomic mass is 16.5. The molecule has 0 atom stereocenters. The van der Waals surface area contributed by atoms with Gasteiger partial charge in [-0.2, -0.15) is 5.10 Å². The Labute approximate surface area is 190 Å². The molecule has 0 fully saturated rings. The van der Waals surface area contributed by atoms with Crippen molar-refractivity contribution in [2.75, 3.05) is 7.11 Å². The lowest BCUT2D eigenvalue weighted by Crippen LogP contribution is -2.41. The fourth-order valence-electron chi connectivity index (χ4n) is 3.83. The van der Waals surface area contributed by atoms with Crippen LogP contribution in [0.2, 0.25) is 0 Å². The Morgan fingerprint density at radius 2 is 1.61 bits per heavy atom. The number of rotatable bonds is 5. The Hall–Kier alpha value is -4.52. The molecule has 162 valence electrons. The van der Waals surface area contributed by atoms with E-state index in [1.165, 1.54) is 11.2 Å². The molecule has 5 rings (SSSR count). The first-order valence-electron chi connectivity index (χ1n) is 10.4. The van der Waals surface area contributed by atoms with Gasteiger partial charge in [-0.1, -0.05) is 42.5 Å². The summed E-state index contributed by atoms with van der Waals surface area (Å²) in [6, 6.07) is 22.2. The second kappa shape index (κ2) is 8.55. The molecule has 0 saturated carbocycles. The second-order valence-electron chi connectivity index (χ2n) is 7.58. The fourth-order valence-corrected chi connectivity index (χ4v) is 3.83.